The summed E-state index contributed by atoms with van der Waals surface area (Å²) in [7, 11) is 0. The Bertz CT molecular complexity index is 708. The predicted octanol–water partition coefficient (Wildman–Crippen LogP) is 2.77. The van der Waals surface area contributed by atoms with Gasteiger partial charge in [-0.25, -0.2) is 4.98 Å². The molecule has 0 aliphatic carbocycles. The lowest BCUT2D eigenvalue weighted by molar-refractivity contribution is 0.0945. The molecule has 0 aliphatic rings. The van der Waals surface area contributed by atoms with Gasteiger partial charge in [0.1, 0.15) is 0 Å². The normalized spacial score (nSPS) is 10.5. The van der Waals surface area contributed by atoms with E-state index in [4.69, 9.17) is 4.52 Å². The molecule has 1 N–H and O–H groups in total. The predicted molar refractivity (Wildman–Crippen MR) is 80.1 cm³/mol. The standard InChI is InChI=1S/C15H13N3O2S/c19-15(17-7-6-14-16-8-9-21-14)12-10-13(20-18-12)11-4-2-1-3-5-11/h1-5,8-10H,6-7H2,(H,17,19). The minimum atomic E-state index is -0.238. The molecule has 106 valence electrons. The van der Waals surface area contributed by atoms with Crippen molar-refractivity contribution in [2.45, 2.75) is 6.42 Å². The Morgan fingerprint density at radius 3 is 2.90 bits per heavy atom. The lowest BCUT2D eigenvalue weighted by Crippen LogP contribution is -2.25. The minimum Gasteiger partial charge on any atom is -0.355 e. The second-order valence-electron chi connectivity index (χ2n) is 4.37. The van der Waals surface area contributed by atoms with E-state index in [1.165, 1.54) is 0 Å². The van der Waals surface area contributed by atoms with Crippen molar-refractivity contribution in [2.24, 2.45) is 0 Å². The van der Waals surface area contributed by atoms with Gasteiger partial charge in [-0.05, 0) is 0 Å². The molecule has 0 saturated heterocycles. The van der Waals surface area contributed by atoms with Crippen LogP contribution in [0.3, 0.4) is 0 Å². The molecule has 0 radical (unpaired) electrons. The smallest absolute Gasteiger partial charge is 0.273 e. The average Bonchev–Trinajstić information content (AvgIpc) is 3.20. The van der Waals surface area contributed by atoms with Gasteiger partial charge in [-0.2, -0.15) is 0 Å². The SMILES string of the molecule is O=C(NCCc1nccs1)c1cc(-c2ccccc2)on1. The highest BCUT2D eigenvalue weighted by molar-refractivity contribution is 7.09. The zero-order valence-corrected chi connectivity index (χ0v) is 12.0. The number of rotatable bonds is 5. The third-order valence-corrected chi connectivity index (χ3v) is 3.75. The molecule has 1 aromatic carbocycles. The number of thiazole rings is 1. The molecular weight excluding hydrogens is 286 g/mol. The van der Waals surface area contributed by atoms with Gasteiger partial charge in [0.2, 0.25) is 0 Å². The molecule has 0 fully saturated rings. The minimum absolute atomic E-state index is 0.238. The molecule has 1 amide bonds. The molecule has 0 saturated carbocycles. The number of nitrogens with zero attached hydrogens (tertiary/aromatic N) is 2. The van der Waals surface area contributed by atoms with E-state index in [-0.39, 0.29) is 11.6 Å². The summed E-state index contributed by atoms with van der Waals surface area (Å²) in [6, 6.07) is 11.2. The summed E-state index contributed by atoms with van der Waals surface area (Å²) in [5, 5.41) is 9.53. The molecule has 0 bridgehead atoms. The third kappa shape index (κ3) is 3.35. The Balaban J connectivity index is 1.59. The van der Waals surface area contributed by atoms with Crippen molar-refractivity contribution >= 4 is 17.2 Å². The van der Waals surface area contributed by atoms with Crippen LogP contribution in [-0.4, -0.2) is 22.6 Å². The Morgan fingerprint density at radius 1 is 1.29 bits per heavy atom. The number of amides is 1. The first-order chi connectivity index (χ1) is 10.3. The van der Waals surface area contributed by atoms with Gasteiger partial charge >= 0.3 is 0 Å². The lowest BCUT2D eigenvalue weighted by Gasteiger charge is -1.99. The number of aromatic nitrogens is 2. The van der Waals surface area contributed by atoms with Crippen LogP contribution < -0.4 is 5.32 Å². The number of hydrogen-bond acceptors (Lipinski definition) is 5. The molecular formula is C15H13N3O2S. The first kappa shape index (κ1) is 13.5. The summed E-state index contributed by atoms with van der Waals surface area (Å²) >= 11 is 1.58. The number of carbonyl (C=O) groups is 1. The third-order valence-electron chi connectivity index (χ3n) is 2.91. The zero-order chi connectivity index (χ0) is 14.5. The highest BCUT2D eigenvalue weighted by Gasteiger charge is 2.13. The number of carbonyl (C=O) groups excluding carboxylic acids is 1. The quantitative estimate of drug-likeness (QED) is 0.786. The monoisotopic (exact) mass is 299 g/mol. The molecule has 3 rings (SSSR count). The molecule has 3 aromatic rings. The van der Waals surface area contributed by atoms with E-state index in [9.17, 15) is 4.79 Å². The Hall–Kier alpha value is -2.47. The lowest BCUT2D eigenvalue weighted by atomic mass is 10.1. The maximum atomic E-state index is 12.0. The van der Waals surface area contributed by atoms with Crippen molar-refractivity contribution in [1.82, 2.24) is 15.5 Å². The van der Waals surface area contributed by atoms with Gasteiger partial charge in [-0.3, -0.25) is 4.79 Å². The van der Waals surface area contributed by atoms with Crippen molar-refractivity contribution in [2.75, 3.05) is 6.54 Å². The fourth-order valence-corrected chi connectivity index (χ4v) is 2.49. The molecule has 21 heavy (non-hydrogen) atoms. The van der Waals surface area contributed by atoms with Crippen LogP contribution in [0.25, 0.3) is 11.3 Å². The molecule has 5 nitrogen and oxygen atoms in total. The van der Waals surface area contributed by atoms with Crippen LogP contribution in [0.2, 0.25) is 0 Å². The van der Waals surface area contributed by atoms with Crippen molar-refractivity contribution < 1.29 is 9.32 Å². The summed E-state index contributed by atoms with van der Waals surface area (Å²) in [6.07, 6.45) is 2.47. The number of nitrogens with one attached hydrogen (secondary N) is 1. The van der Waals surface area contributed by atoms with Crippen LogP contribution in [0.15, 0.2) is 52.5 Å². The highest BCUT2D eigenvalue weighted by Crippen LogP contribution is 2.19. The maximum Gasteiger partial charge on any atom is 0.273 e. The summed E-state index contributed by atoms with van der Waals surface area (Å²) < 4.78 is 5.20. The maximum absolute atomic E-state index is 12.0. The summed E-state index contributed by atoms with van der Waals surface area (Å²) in [5.41, 5.74) is 1.18. The van der Waals surface area contributed by atoms with Gasteiger partial charge in [-0.1, -0.05) is 35.5 Å². The molecule has 0 aliphatic heterocycles. The van der Waals surface area contributed by atoms with E-state index >= 15 is 0 Å². The fourth-order valence-electron chi connectivity index (χ4n) is 1.87. The second-order valence-corrected chi connectivity index (χ2v) is 5.35. The van der Waals surface area contributed by atoms with Gasteiger partial charge in [0.15, 0.2) is 11.5 Å². The first-order valence-electron chi connectivity index (χ1n) is 6.51. The highest BCUT2D eigenvalue weighted by atomic mass is 32.1. The number of hydrogen-bond donors (Lipinski definition) is 1. The number of benzene rings is 1. The van der Waals surface area contributed by atoms with Crippen LogP contribution in [-0.2, 0) is 6.42 Å². The molecule has 2 aromatic heterocycles. The van der Waals surface area contributed by atoms with Crippen LogP contribution in [0.4, 0.5) is 0 Å². The van der Waals surface area contributed by atoms with Crippen LogP contribution in [0, 0.1) is 0 Å². The average molecular weight is 299 g/mol. The molecule has 0 spiro atoms. The topological polar surface area (TPSA) is 68.0 Å². The Kier molecular flexibility index (Phi) is 4.07. The van der Waals surface area contributed by atoms with Gasteiger partial charge in [0.05, 0.1) is 5.01 Å². The second kappa shape index (κ2) is 6.32. The summed E-state index contributed by atoms with van der Waals surface area (Å²) in [6.45, 7) is 0.528. The molecule has 0 atom stereocenters. The van der Waals surface area contributed by atoms with Crippen molar-refractivity contribution in [1.29, 1.82) is 0 Å². The Labute approximate surface area is 125 Å². The molecule has 6 heteroatoms. The molecule has 2 heterocycles. The van der Waals surface area contributed by atoms with E-state index < -0.39 is 0 Å². The van der Waals surface area contributed by atoms with E-state index in [1.807, 2.05) is 35.7 Å². The van der Waals surface area contributed by atoms with E-state index in [0.717, 1.165) is 10.6 Å². The summed E-state index contributed by atoms with van der Waals surface area (Å²) in [5.74, 6) is 0.346. The molecule has 0 unspecified atom stereocenters. The van der Waals surface area contributed by atoms with Crippen molar-refractivity contribution in [3.63, 3.8) is 0 Å². The van der Waals surface area contributed by atoms with Crippen LogP contribution in [0.1, 0.15) is 15.5 Å². The van der Waals surface area contributed by atoms with Gasteiger partial charge < -0.3 is 9.84 Å². The van der Waals surface area contributed by atoms with E-state index in [1.54, 1.807) is 23.6 Å². The van der Waals surface area contributed by atoms with Gasteiger partial charge in [0.25, 0.3) is 5.91 Å². The van der Waals surface area contributed by atoms with E-state index in [0.29, 0.717) is 18.7 Å². The fraction of sp³-hybridized carbons (Fsp3) is 0.133. The van der Waals surface area contributed by atoms with Crippen molar-refractivity contribution in [3.05, 3.63) is 58.7 Å². The van der Waals surface area contributed by atoms with Crippen LogP contribution in [0.5, 0.6) is 0 Å². The van der Waals surface area contributed by atoms with Gasteiger partial charge in [-0.15, -0.1) is 11.3 Å². The zero-order valence-electron chi connectivity index (χ0n) is 11.2. The van der Waals surface area contributed by atoms with Crippen molar-refractivity contribution in [3.8, 4) is 11.3 Å². The largest absolute Gasteiger partial charge is 0.355 e. The first-order valence-corrected chi connectivity index (χ1v) is 7.39. The Morgan fingerprint density at radius 2 is 2.14 bits per heavy atom. The summed E-state index contributed by atoms with van der Waals surface area (Å²) in [4.78, 5) is 16.1. The van der Waals surface area contributed by atoms with Crippen LogP contribution >= 0.6 is 11.3 Å². The van der Waals surface area contributed by atoms with E-state index in [2.05, 4.69) is 15.5 Å². The van der Waals surface area contributed by atoms with Gasteiger partial charge in [0, 0.05) is 36.2 Å².